The quantitative estimate of drug-likeness (QED) is 0.673. The van der Waals surface area contributed by atoms with Crippen molar-refractivity contribution in [3.8, 4) is 11.3 Å². The molecule has 0 aliphatic rings. The van der Waals surface area contributed by atoms with Gasteiger partial charge in [0.1, 0.15) is 11.5 Å². The fraction of sp³-hybridized carbons (Fsp3) is 0.105. The molecule has 0 radical (unpaired) electrons. The van der Waals surface area contributed by atoms with Crippen LogP contribution in [0.15, 0.2) is 65.1 Å². The first-order chi connectivity index (χ1) is 11.6. The molecule has 1 aromatic heterocycles. The van der Waals surface area contributed by atoms with Crippen LogP contribution in [0.2, 0.25) is 5.02 Å². The Kier molecular flexibility index (Phi) is 4.87. The summed E-state index contributed by atoms with van der Waals surface area (Å²) >= 11 is 5.90. The van der Waals surface area contributed by atoms with E-state index in [0.29, 0.717) is 11.6 Å². The van der Waals surface area contributed by atoms with Crippen LogP contribution >= 0.6 is 11.6 Å². The third-order valence-electron chi connectivity index (χ3n) is 3.46. The lowest BCUT2D eigenvalue weighted by atomic mass is 10.2. The van der Waals surface area contributed by atoms with Gasteiger partial charge < -0.3 is 15.1 Å². The minimum absolute atomic E-state index is 0.0824. The minimum atomic E-state index is -0.0824. The molecule has 2 N–H and O–H groups in total. The lowest BCUT2D eigenvalue weighted by Crippen LogP contribution is -2.05. The smallest absolute Gasteiger partial charge is 0.221 e. The zero-order chi connectivity index (χ0) is 16.9. The Morgan fingerprint density at radius 3 is 2.29 bits per heavy atom. The van der Waals surface area contributed by atoms with Crippen molar-refractivity contribution >= 4 is 28.9 Å². The predicted octanol–water partition coefficient (Wildman–Crippen LogP) is 5.17. The summed E-state index contributed by atoms with van der Waals surface area (Å²) in [5.41, 5.74) is 2.72. The van der Waals surface area contributed by atoms with Crippen LogP contribution in [0.3, 0.4) is 0 Å². The van der Waals surface area contributed by atoms with Gasteiger partial charge in [-0.05, 0) is 60.7 Å². The standard InChI is InChI=1S/C19H17ClN2O2/c1-13(23)22-17-8-6-16(7-9-17)21-12-18-10-11-19(24-18)14-2-4-15(20)5-3-14/h2-11,21H,12H2,1H3,(H,22,23). The van der Waals surface area contributed by atoms with Crippen LogP contribution in [0.5, 0.6) is 0 Å². The van der Waals surface area contributed by atoms with Gasteiger partial charge in [-0.1, -0.05) is 11.6 Å². The number of benzene rings is 2. The van der Waals surface area contributed by atoms with Crippen LogP contribution in [0.25, 0.3) is 11.3 Å². The molecule has 0 unspecified atom stereocenters. The van der Waals surface area contributed by atoms with E-state index in [-0.39, 0.29) is 5.91 Å². The normalized spacial score (nSPS) is 10.4. The van der Waals surface area contributed by atoms with Gasteiger partial charge >= 0.3 is 0 Å². The maximum Gasteiger partial charge on any atom is 0.221 e. The Morgan fingerprint density at radius 1 is 0.958 bits per heavy atom. The third kappa shape index (κ3) is 4.18. The zero-order valence-electron chi connectivity index (χ0n) is 13.2. The topological polar surface area (TPSA) is 54.3 Å². The summed E-state index contributed by atoms with van der Waals surface area (Å²) in [6.07, 6.45) is 0. The Morgan fingerprint density at radius 2 is 1.62 bits per heavy atom. The van der Waals surface area contributed by atoms with Crippen molar-refractivity contribution in [2.45, 2.75) is 13.5 Å². The number of carbonyl (C=O) groups excluding carboxylic acids is 1. The van der Waals surface area contributed by atoms with Crippen LogP contribution in [-0.2, 0) is 11.3 Å². The summed E-state index contributed by atoms with van der Waals surface area (Å²) in [6, 6.07) is 19.0. The summed E-state index contributed by atoms with van der Waals surface area (Å²) in [5, 5.41) is 6.73. The van der Waals surface area contributed by atoms with Crippen LogP contribution in [-0.4, -0.2) is 5.91 Å². The molecule has 24 heavy (non-hydrogen) atoms. The van der Waals surface area contributed by atoms with E-state index in [0.717, 1.165) is 28.5 Å². The average Bonchev–Trinajstić information content (AvgIpc) is 3.03. The number of anilines is 2. The van der Waals surface area contributed by atoms with Crippen LogP contribution in [0.1, 0.15) is 12.7 Å². The summed E-state index contributed by atoms with van der Waals surface area (Å²) in [6.45, 7) is 2.06. The fourth-order valence-electron chi connectivity index (χ4n) is 2.31. The molecular weight excluding hydrogens is 324 g/mol. The number of hydrogen-bond donors (Lipinski definition) is 2. The van der Waals surface area contributed by atoms with E-state index in [1.54, 1.807) is 0 Å². The van der Waals surface area contributed by atoms with Crippen molar-refractivity contribution in [3.63, 3.8) is 0 Å². The van der Waals surface area contributed by atoms with E-state index < -0.39 is 0 Å². The van der Waals surface area contributed by atoms with Crippen molar-refractivity contribution in [2.75, 3.05) is 10.6 Å². The van der Waals surface area contributed by atoms with E-state index in [1.165, 1.54) is 6.92 Å². The van der Waals surface area contributed by atoms with Gasteiger partial charge in [0.2, 0.25) is 5.91 Å². The Labute approximate surface area is 145 Å². The number of amides is 1. The van der Waals surface area contributed by atoms with Gasteiger partial charge in [0.05, 0.1) is 6.54 Å². The molecule has 1 heterocycles. The molecule has 0 fully saturated rings. The molecule has 0 atom stereocenters. The highest BCUT2D eigenvalue weighted by atomic mass is 35.5. The summed E-state index contributed by atoms with van der Waals surface area (Å²) in [4.78, 5) is 11.0. The molecule has 3 aromatic rings. The number of rotatable bonds is 5. The lowest BCUT2D eigenvalue weighted by molar-refractivity contribution is -0.114. The highest BCUT2D eigenvalue weighted by Gasteiger charge is 2.05. The van der Waals surface area contributed by atoms with E-state index in [9.17, 15) is 4.79 Å². The maximum atomic E-state index is 11.0. The van der Waals surface area contributed by atoms with E-state index in [1.807, 2.05) is 60.7 Å². The second-order valence-electron chi connectivity index (χ2n) is 5.38. The van der Waals surface area contributed by atoms with Crippen molar-refractivity contribution in [2.24, 2.45) is 0 Å². The van der Waals surface area contributed by atoms with Crippen molar-refractivity contribution < 1.29 is 9.21 Å². The van der Waals surface area contributed by atoms with Gasteiger partial charge in [0, 0.05) is 28.9 Å². The van der Waals surface area contributed by atoms with Crippen molar-refractivity contribution in [3.05, 3.63) is 71.4 Å². The number of nitrogens with one attached hydrogen (secondary N) is 2. The van der Waals surface area contributed by atoms with Crippen LogP contribution in [0, 0.1) is 0 Å². The Bertz CT molecular complexity index is 823. The molecule has 0 spiro atoms. The summed E-state index contributed by atoms with van der Waals surface area (Å²) in [7, 11) is 0. The first kappa shape index (κ1) is 16.1. The van der Waals surface area contributed by atoms with E-state index >= 15 is 0 Å². The molecule has 1 amide bonds. The summed E-state index contributed by atoms with van der Waals surface area (Å²) < 4.78 is 5.85. The van der Waals surface area contributed by atoms with Gasteiger partial charge in [-0.25, -0.2) is 0 Å². The highest BCUT2D eigenvalue weighted by Crippen LogP contribution is 2.24. The van der Waals surface area contributed by atoms with Gasteiger partial charge in [-0.15, -0.1) is 0 Å². The first-order valence-corrected chi connectivity index (χ1v) is 7.94. The van der Waals surface area contributed by atoms with Crippen LogP contribution < -0.4 is 10.6 Å². The predicted molar refractivity (Wildman–Crippen MR) is 97.2 cm³/mol. The monoisotopic (exact) mass is 340 g/mol. The second-order valence-corrected chi connectivity index (χ2v) is 5.82. The molecule has 122 valence electrons. The SMILES string of the molecule is CC(=O)Nc1ccc(NCc2ccc(-c3ccc(Cl)cc3)o2)cc1. The van der Waals surface area contributed by atoms with E-state index in [2.05, 4.69) is 10.6 Å². The maximum absolute atomic E-state index is 11.0. The minimum Gasteiger partial charge on any atom is -0.459 e. The highest BCUT2D eigenvalue weighted by molar-refractivity contribution is 6.30. The molecule has 0 aliphatic heterocycles. The lowest BCUT2D eigenvalue weighted by Gasteiger charge is -2.06. The third-order valence-corrected chi connectivity index (χ3v) is 3.71. The first-order valence-electron chi connectivity index (χ1n) is 7.56. The largest absolute Gasteiger partial charge is 0.459 e. The number of hydrogen-bond acceptors (Lipinski definition) is 3. The summed E-state index contributed by atoms with van der Waals surface area (Å²) in [5.74, 6) is 1.57. The van der Waals surface area contributed by atoms with Gasteiger partial charge in [0.25, 0.3) is 0 Å². The van der Waals surface area contributed by atoms with Crippen LogP contribution in [0.4, 0.5) is 11.4 Å². The van der Waals surface area contributed by atoms with Gasteiger partial charge in [-0.3, -0.25) is 4.79 Å². The second kappa shape index (κ2) is 7.23. The Balaban J connectivity index is 1.61. The molecule has 0 bridgehead atoms. The molecule has 2 aromatic carbocycles. The molecule has 0 saturated heterocycles. The average molecular weight is 341 g/mol. The molecular formula is C19H17ClN2O2. The number of carbonyl (C=O) groups is 1. The number of halogens is 1. The van der Waals surface area contributed by atoms with Crippen molar-refractivity contribution in [1.29, 1.82) is 0 Å². The zero-order valence-corrected chi connectivity index (χ0v) is 13.9. The van der Waals surface area contributed by atoms with Gasteiger partial charge in [0.15, 0.2) is 0 Å². The molecule has 0 aliphatic carbocycles. The molecule has 4 nitrogen and oxygen atoms in total. The van der Waals surface area contributed by atoms with Crippen molar-refractivity contribution in [1.82, 2.24) is 0 Å². The van der Waals surface area contributed by atoms with Gasteiger partial charge in [-0.2, -0.15) is 0 Å². The van der Waals surface area contributed by atoms with E-state index in [4.69, 9.17) is 16.0 Å². The Hall–Kier alpha value is -2.72. The molecule has 3 rings (SSSR count). The number of furan rings is 1. The molecule has 5 heteroatoms. The molecule has 0 saturated carbocycles. The fourth-order valence-corrected chi connectivity index (χ4v) is 2.43.